The zero-order valence-electron chi connectivity index (χ0n) is 12.1. The molecule has 1 aliphatic heterocycles. The normalized spacial score (nSPS) is 18.0. The third kappa shape index (κ3) is 2.35. The van der Waals surface area contributed by atoms with Crippen molar-refractivity contribution in [3.8, 4) is 0 Å². The lowest BCUT2D eigenvalue weighted by Crippen LogP contribution is -2.40. The Morgan fingerprint density at radius 3 is 2.91 bits per heavy atom. The minimum atomic E-state index is -0.504. The van der Waals surface area contributed by atoms with Crippen LogP contribution in [0.2, 0.25) is 5.15 Å². The molecule has 3 rings (SSSR count). The van der Waals surface area contributed by atoms with E-state index in [-0.39, 0.29) is 22.5 Å². The van der Waals surface area contributed by atoms with Gasteiger partial charge in [-0.05, 0) is 6.42 Å². The summed E-state index contributed by atoms with van der Waals surface area (Å²) in [4.78, 5) is 30.0. The highest BCUT2D eigenvalue weighted by Crippen LogP contribution is 2.19. The van der Waals surface area contributed by atoms with Crippen LogP contribution in [0.3, 0.4) is 0 Å². The summed E-state index contributed by atoms with van der Waals surface area (Å²) in [5.74, 6) is 0.137. The molecule has 0 bridgehead atoms. The summed E-state index contributed by atoms with van der Waals surface area (Å²) in [6, 6.07) is 1.11. The Labute approximate surface area is 131 Å². The first-order valence-electron chi connectivity index (χ1n) is 6.79. The number of anilines is 1. The van der Waals surface area contributed by atoms with Crippen LogP contribution in [0.25, 0.3) is 5.65 Å². The van der Waals surface area contributed by atoms with E-state index in [9.17, 15) is 9.59 Å². The molecular formula is C13H15ClN6O2. The van der Waals surface area contributed by atoms with Crippen LogP contribution >= 0.6 is 11.6 Å². The molecule has 0 unspecified atom stereocenters. The van der Waals surface area contributed by atoms with Gasteiger partial charge in [0.15, 0.2) is 5.65 Å². The van der Waals surface area contributed by atoms with Crippen LogP contribution in [0.1, 0.15) is 16.8 Å². The third-order valence-corrected chi connectivity index (χ3v) is 3.87. The number of carbonyl (C=O) groups is 2. The molecule has 0 spiro atoms. The Morgan fingerprint density at radius 1 is 1.50 bits per heavy atom. The largest absolute Gasteiger partial charge is 0.373 e. The lowest BCUT2D eigenvalue weighted by atomic mass is 10.2. The summed E-state index contributed by atoms with van der Waals surface area (Å²) in [6.45, 7) is 0.631. The molecule has 0 radical (unpaired) electrons. The average Bonchev–Trinajstić information content (AvgIpc) is 3.04. The number of likely N-dealkylation sites (N-methyl/N-ethyl adjacent to an activating group) is 1. The second kappa shape index (κ2) is 5.45. The monoisotopic (exact) mass is 322 g/mol. The zero-order valence-corrected chi connectivity index (χ0v) is 12.9. The van der Waals surface area contributed by atoms with E-state index in [1.54, 1.807) is 25.1 Å². The fraction of sp³-hybridized carbons (Fsp3) is 0.385. The van der Waals surface area contributed by atoms with Crippen LogP contribution in [-0.2, 0) is 4.79 Å². The van der Waals surface area contributed by atoms with Crippen molar-refractivity contribution >= 4 is 34.9 Å². The van der Waals surface area contributed by atoms with Crippen molar-refractivity contribution in [3.63, 3.8) is 0 Å². The minimum absolute atomic E-state index is 0.0910. The molecular weight excluding hydrogens is 308 g/mol. The first-order valence-corrected chi connectivity index (χ1v) is 7.17. The maximum Gasteiger partial charge on any atom is 0.257 e. The number of likely N-dealkylation sites (tertiary alicyclic amines) is 1. The summed E-state index contributed by atoms with van der Waals surface area (Å²) < 4.78 is 1.49. The van der Waals surface area contributed by atoms with Gasteiger partial charge in [0.2, 0.25) is 5.91 Å². The first kappa shape index (κ1) is 14.6. The number of halogens is 1. The van der Waals surface area contributed by atoms with Crippen molar-refractivity contribution in [1.29, 1.82) is 0 Å². The van der Waals surface area contributed by atoms with Crippen molar-refractivity contribution in [2.75, 3.05) is 26.0 Å². The number of amides is 2. The van der Waals surface area contributed by atoms with Gasteiger partial charge in [-0.1, -0.05) is 11.6 Å². The van der Waals surface area contributed by atoms with Crippen LogP contribution in [-0.4, -0.2) is 58.0 Å². The summed E-state index contributed by atoms with van der Waals surface area (Å²) in [5, 5.41) is 10.0. The van der Waals surface area contributed by atoms with Crippen LogP contribution in [0.15, 0.2) is 12.3 Å². The van der Waals surface area contributed by atoms with Crippen molar-refractivity contribution in [2.24, 2.45) is 0 Å². The summed E-state index contributed by atoms with van der Waals surface area (Å²) in [5.41, 5.74) is 0.620. The van der Waals surface area contributed by atoms with Crippen LogP contribution in [0, 0.1) is 0 Å². The van der Waals surface area contributed by atoms with Crippen molar-refractivity contribution in [2.45, 2.75) is 12.5 Å². The molecule has 2 aromatic rings. The molecule has 0 aromatic carbocycles. The average molecular weight is 323 g/mol. The first-order chi connectivity index (χ1) is 10.5. The van der Waals surface area contributed by atoms with E-state index in [2.05, 4.69) is 20.7 Å². The van der Waals surface area contributed by atoms with Gasteiger partial charge in [0.25, 0.3) is 5.91 Å². The molecule has 116 valence electrons. The van der Waals surface area contributed by atoms with E-state index < -0.39 is 6.04 Å². The molecule has 3 heterocycles. The van der Waals surface area contributed by atoms with Gasteiger partial charge in [-0.3, -0.25) is 9.59 Å². The Bertz CT molecular complexity index is 758. The summed E-state index contributed by atoms with van der Waals surface area (Å²) in [6.07, 6.45) is 2.01. The van der Waals surface area contributed by atoms with E-state index in [0.29, 0.717) is 24.4 Å². The molecule has 22 heavy (non-hydrogen) atoms. The number of nitrogens with one attached hydrogen (secondary N) is 2. The molecule has 2 amide bonds. The van der Waals surface area contributed by atoms with E-state index in [0.717, 1.165) is 0 Å². The molecule has 1 saturated heterocycles. The standard InChI is InChI=1S/C13H15ClN6O2/c1-15-10-5-9(14)18-11-7(6-16-20(10)11)12(21)17-8-3-4-19(2)13(8)22/h5-6,8,15H,3-4H2,1-2H3,(H,17,21)/t8-/m1/s1. The fourth-order valence-corrected chi connectivity index (χ4v) is 2.65. The molecule has 0 aliphatic carbocycles. The van der Waals surface area contributed by atoms with Crippen LogP contribution < -0.4 is 10.6 Å². The number of rotatable bonds is 3. The zero-order chi connectivity index (χ0) is 15.9. The summed E-state index contributed by atoms with van der Waals surface area (Å²) >= 11 is 5.96. The Morgan fingerprint density at radius 2 is 2.27 bits per heavy atom. The molecule has 1 fully saturated rings. The Hall–Kier alpha value is -2.35. The van der Waals surface area contributed by atoms with Gasteiger partial charge < -0.3 is 15.5 Å². The van der Waals surface area contributed by atoms with Gasteiger partial charge in [-0.2, -0.15) is 9.61 Å². The minimum Gasteiger partial charge on any atom is -0.373 e. The molecule has 0 saturated carbocycles. The predicted octanol–water partition coefficient (Wildman–Crippen LogP) is 0.385. The van der Waals surface area contributed by atoms with Gasteiger partial charge in [0.1, 0.15) is 22.6 Å². The maximum atomic E-state index is 12.4. The lowest BCUT2D eigenvalue weighted by Gasteiger charge is -2.11. The number of aromatic nitrogens is 3. The van der Waals surface area contributed by atoms with Crippen molar-refractivity contribution in [1.82, 2.24) is 24.8 Å². The smallest absolute Gasteiger partial charge is 0.257 e. The topological polar surface area (TPSA) is 91.6 Å². The molecule has 9 heteroatoms. The predicted molar refractivity (Wildman–Crippen MR) is 81.1 cm³/mol. The van der Waals surface area contributed by atoms with Gasteiger partial charge >= 0.3 is 0 Å². The van der Waals surface area contributed by atoms with Crippen molar-refractivity contribution < 1.29 is 9.59 Å². The molecule has 8 nitrogen and oxygen atoms in total. The molecule has 1 aliphatic rings. The number of fused-ring (bicyclic) bond motifs is 1. The second-order valence-corrected chi connectivity index (χ2v) is 5.47. The maximum absolute atomic E-state index is 12.4. The summed E-state index contributed by atoms with van der Waals surface area (Å²) in [7, 11) is 3.43. The highest BCUT2D eigenvalue weighted by molar-refractivity contribution is 6.29. The Kier molecular flexibility index (Phi) is 3.61. The van der Waals surface area contributed by atoms with E-state index in [4.69, 9.17) is 11.6 Å². The molecule has 2 aromatic heterocycles. The van der Waals surface area contributed by atoms with E-state index >= 15 is 0 Å². The number of nitrogens with zero attached hydrogens (tertiary/aromatic N) is 4. The SMILES string of the molecule is CNc1cc(Cl)nc2c(C(=O)N[C@@H]3CCN(C)C3=O)cnn12. The van der Waals surface area contributed by atoms with Gasteiger partial charge in [-0.15, -0.1) is 0 Å². The number of hydrogen-bond acceptors (Lipinski definition) is 5. The third-order valence-electron chi connectivity index (χ3n) is 3.67. The molecule has 1 atom stereocenters. The lowest BCUT2D eigenvalue weighted by molar-refractivity contribution is -0.128. The fourth-order valence-electron chi connectivity index (χ4n) is 2.46. The van der Waals surface area contributed by atoms with E-state index in [1.165, 1.54) is 10.7 Å². The highest BCUT2D eigenvalue weighted by Gasteiger charge is 2.31. The number of carbonyl (C=O) groups excluding carboxylic acids is 2. The van der Waals surface area contributed by atoms with E-state index in [1.807, 2.05) is 0 Å². The van der Waals surface area contributed by atoms with Crippen molar-refractivity contribution in [3.05, 3.63) is 23.0 Å². The second-order valence-electron chi connectivity index (χ2n) is 5.08. The van der Waals surface area contributed by atoms with Crippen LogP contribution in [0.4, 0.5) is 5.82 Å². The van der Waals surface area contributed by atoms with Crippen LogP contribution in [0.5, 0.6) is 0 Å². The van der Waals surface area contributed by atoms with Gasteiger partial charge in [-0.25, -0.2) is 4.98 Å². The molecule has 2 N–H and O–H groups in total. The van der Waals surface area contributed by atoms with Gasteiger partial charge in [0.05, 0.1) is 6.20 Å². The Balaban J connectivity index is 1.92. The highest BCUT2D eigenvalue weighted by atomic mass is 35.5. The quantitative estimate of drug-likeness (QED) is 0.797. The van der Waals surface area contributed by atoms with Gasteiger partial charge in [0, 0.05) is 26.7 Å². The number of hydrogen-bond donors (Lipinski definition) is 2.